The number of benzene rings is 2. The third-order valence-corrected chi connectivity index (χ3v) is 7.00. The fourth-order valence-electron chi connectivity index (χ4n) is 5.50. The highest BCUT2D eigenvalue weighted by atomic mass is 16.5. The van der Waals surface area contributed by atoms with E-state index in [-0.39, 0.29) is 29.9 Å². The van der Waals surface area contributed by atoms with Gasteiger partial charge in [-0.05, 0) is 68.9 Å². The van der Waals surface area contributed by atoms with Gasteiger partial charge in [0.15, 0.2) is 0 Å². The highest BCUT2D eigenvalue weighted by Gasteiger charge is 2.46. The quantitative estimate of drug-likeness (QED) is 0.372. The van der Waals surface area contributed by atoms with Gasteiger partial charge in [0.25, 0.3) is 5.89 Å². The molecule has 3 aromatic rings. The molecule has 0 radical (unpaired) electrons. The molecule has 1 fully saturated rings. The van der Waals surface area contributed by atoms with Gasteiger partial charge in [-0.2, -0.15) is 10.2 Å². The average Bonchev–Trinajstić information content (AvgIpc) is 3.59. The number of esters is 1. The number of carbonyl (C=O) groups is 2. The molecular weight excluding hydrogens is 484 g/mol. The molecule has 2 unspecified atom stereocenters. The summed E-state index contributed by atoms with van der Waals surface area (Å²) in [4.78, 5) is 31.1. The first-order valence-electron chi connectivity index (χ1n) is 13.0. The van der Waals surface area contributed by atoms with Crippen molar-refractivity contribution in [3.05, 3.63) is 53.1 Å². The molecule has 0 bridgehead atoms. The van der Waals surface area contributed by atoms with Crippen molar-refractivity contribution in [2.24, 2.45) is 5.92 Å². The Bertz CT molecular complexity index is 1410. The van der Waals surface area contributed by atoms with Crippen LogP contribution in [0.15, 0.2) is 40.9 Å². The molecule has 2 aromatic carbocycles. The number of hydrogen-bond acceptors (Lipinski definition) is 8. The second kappa shape index (κ2) is 10.7. The van der Waals surface area contributed by atoms with E-state index in [2.05, 4.69) is 22.3 Å². The van der Waals surface area contributed by atoms with Crippen LogP contribution in [0.5, 0.6) is 5.75 Å². The van der Waals surface area contributed by atoms with Crippen molar-refractivity contribution in [2.45, 2.75) is 58.6 Å². The number of hydrogen-bond donors (Lipinski definition) is 0. The number of likely N-dealkylation sites (tertiary alicyclic amines) is 1. The lowest BCUT2D eigenvalue weighted by Gasteiger charge is -2.25. The number of amides is 1. The van der Waals surface area contributed by atoms with E-state index in [1.807, 2.05) is 30.9 Å². The Hall–Kier alpha value is -4.19. The Kier molecular flexibility index (Phi) is 7.14. The highest BCUT2D eigenvalue weighted by Crippen LogP contribution is 2.49. The molecule has 38 heavy (non-hydrogen) atoms. The molecule has 196 valence electrons. The van der Waals surface area contributed by atoms with Gasteiger partial charge in [-0.15, -0.1) is 0 Å². The predicted octanol–water partition coefficient (Wildman–Crippen LogP) is 4.85. The summed E-state index contributed by atoms with van der Waals surface area (Å²) in [6.45, 7) is 6.48. The van der Waals surface area contributed by atoms with Crippen LogP contribution in [0.1, 0.15) is 62.8 Å². The Morgan fingerprint density at radius 1 is 1.26 bits per heavy atom. The SMILES string of the molecule is CCOC(=O)CCCN1C(=O)CC2Cc3c(-c4noc(-c5ccc(OC(C)C)c(C#N)c5)n4)cccc3C21. The van der Waals surface area contributed by atoms with Gasteiger partial charge >= 0.3 is 5.97 Å². The molecule has 5 rings (SSSR count). The van der Waals surface area contributed by atoms with E-state index in [0.29, 0.717) is 61.0 Å². The average molecular weight is 515 g/mol. The zero-order valence-corrected chi connectivity index (χ0v) is 21.8. The number of fused-ring (bicyclic) bond motifs is 3. The molecule has 1 aliphatic carbocycles. The molecule has 2 aliphatic rings. The van der Waals surface area contributed by atoms with Gasteiger partial charge in [0, 0.05) is 30.5 Å². The Balaban J connectivity index is 1.38. The zero-order chi connectivity index (χ0) is 26.8. The fourth-order valence-corrected chi connectivity index (χ4v) is 5.50. The van der Waals surface area contributed by atoms with E-state index in [0.717, 1.165) is 23.1 Å². The third kappa shape index (κ3) is 4.86. The van der Waals surface area contributed by atoms with Crippen LogP contribution in [0.3, 0.4) is 0 Å². The van der Waals surface area contributed by atoms with Crippen LogP contribution in [0.25, 0.3) is 22.8 Å². The Morgan fingerprint density at radius 3 is 2.87 bits per heavy atom. The smallest absolute Gasteiger partial charge is 0.305 e. The van der Waals surface area contributed by atoms with E-state index in [1.165, 1.54) is 0 Å². The highest BCUT2D eigenvalue weighted by molar-refractivity contribution is 5.81. The minimum absolute atomic E-state index is 0.0160. The van der Waals surface area contributed by atoms with E-state index in [4.69, 9.17) is 14.0 Å². The van der Waals surface area contributed by atoms with Gasteiger partial charge in [-0.25, -0.2) is 0 Å². The van der Waals surface area contributed by atoms with E-state index < -0.39 is 0 Å². The predicted molar refractivity (Wildman–Crippen MR) is 138 cm³/mol. The first-order chi connectivity index (χ1) is 18.4. The number of aromatic nitrogens is 2. The van der Waals surface area contributed by atoms with Crippen molar-refractivity contribution in [2.75, 3.05) is 13.2 Å². The summed E-state index contributed by atoms with van der Waals surface area (Å²) >= 11 is 0. The van der Waals surface area contributed by atoms with Crippen LogP contribution < -0.4 is 4.74 Å². The molecule has 1 saturated heterocycles. The molecule has 2 atom stereocenters. The molecule has 1 aromatic heterocycles. The standard InChI is InChI=1S/C29H30N4O5/c1-4-36-26(35)9-6-12-33-25(34)15-19-14-23-21(27(19)33)7-5-8-22(23)28-31-29(38-32-28)18-10-11-24(37-17(2)3)20(13-18)16-30/h5,7-8,10-11,13,17,19,27H,4,6,9,12,14-15H2,1-3H3. The van der Waals surface area contributed by atoms with Crippen LogP contribution in [-0.4, -0.2) is 46.2 Å². The van der Waals surface area contributed by atoms with Crippen molar-refractivity contribution in [3.8, 4) is 34.7 Å². The molecule has 9 heteroatoms. The van der Waals surface area contributed by atoms with Gasteiger partial charge in [-0.3, -0.25) is 9.59 Å². The van der Waals surface area contributed by atoms with Gasteiger partial charge in [0.1, 0.15) is 11.8 Å². The minimum atomic E-state index is -0.235. The minimum Gasteiger partial charge on any atom is -0.490 e. The van der Waals surface area contributed by atoms with E-state index >= 15 is 0 Å². The van der Waals surface area contributed by atoms with Crippen molar-refractivity contribution in [1.82, 2.24) is 15.0 Å². The molecule has 0 spiro atoms. The van der Waals surface area contributed by atoms with Crippen molar-refractivity contribution < 1.29 is 23.6 Å². The molecule has 1 aliphatic heterocycles. The zero-order valence-electron chi connectivity index (χ0n) is 21.8. The van der Waals surface area contributed by atoms with Crippen molar-refractivity contribution >= 4 is 11.9 Å². The topological polar surface area (TPSA) is 119 Å². The maximum atomic E-state index is 12.8. The molecule has 1 amide bonds. The second-order valence-electron chi connectivity index (χ2n) is 9.89. The van der Waals surface area contributed by atoms with Crippen molar-refractivity contribution in [3.63, 3.8) is 0 Å². The lowest BCUT2D eigenvalue weighted by atomic mass is 10.0. The molecule has 9 nitrogen and oxygen atoms in total. The first-order valence-corrected chi connectivity index (χ1v) is 13.0. The number of nitrogens with zero attached hydrogens (tertiary/aromatic N) is 4. The van der Waals surface area contributed by atoms with Crippen LogP contribution in [0.2, 0.25) is 0 Å². The summed E-state index contributed by atoms with van der Waals surface area (Å²) < 4.78 is 16.3. The summed E-state index contributed by atoms with van der Waals surface area (Å²) in [6, 6.07) is 13.4. The van der Waals surface area contributed by atoms with Gasteiger partial charge in [0.05, 0.1) is 24.3 Å². The number of rotatable bonds is 9. The van der Waals surface area contributed by atoms with E-state index in [1.54, 1.807) is 25.1 Å². The number of carbonyl (C=O) groups excluding carboxylic acids is 2. The molecule has 2 heterocycles. The van der Waals surface area contributed by atoms with Crippen LogP contribution >= 0.6 is 0 Å². The summed E-state index contributed by atoms with van der Waals surface area (Å²) in [5.74, 6) is 1.37. The summed E-state index contributed by atoms with van der Waals surface area (Å²) in [5.41, 5.74) is 4.14. The van der Waals surface area contributed by atoms with Gasteiger partial charge < -0.3 is 18.9 Å². The monoisotopic (exact) mass is 514 g/mol. The summed E-state index contributed by atoms with van der Waals surface area (Å²) in [5, 5.41) is 13.8. The lowest BCUT2D eigenvalue weighted by Crippen LogP contribution is -2.29. The second-order valence-corrected chi connectivity index (χ2v) is 9.89. The lowest BCUT2D eigenvalue weighted by molar-refractivity contribution is -0.143. The number of ether oxygens (including phenoxy) is 2. The maximum absolute atomic E-state index is 12.8. The Morgan fingerprint density at radius 2 is 2.11 bits per heavy atom. The van der Waals surface area contributed by atoms with Crippen molar-refractivity contribution in [1.29, 1.82) is 5.26 Å². The largest absolute Gasteiger partial charge is 0.490 e. The summed E-state index contributed by atoms with van der Waals surface area (Å²) in [7, 11) is 0. The molecule has 0 saturated carbocycles. The molecule has 0 N–H and O–H groups in total. The number of nitriles is 1. The molecular formula is C29H30N4O5. The maximum Gasteiger partial charge on any atom is 0.305 e. The van der Waals surface area contributed by atoms with Gasteiger partial charge in [0.2, 0.25) is 11.7 Å². The Labute approximate surface area is 221 Å². The normalized spacial score (nSPS) is 17.9. The fraction of sp³-hybridized carbons (Fsp3) is 0.414. The summed E-state index contributed by atoms with van der Waals surface area (Å²) in [6.07, 6.45) is 2.05. The van der Waals surface area contributed by atoms with Crippen LogP contribution in [-0.2, 0) is 20.7 Å². The van der Waals surface area contributed by atoms with E-state index in [9.17, 15) is 14.9 Å². The van der Waals surface area contributed by atoms with Gasteiger partial charge in [-0.1, -0.05) is 23.4 Å². The first kappa shape index (κ1) is 25.5. The van der Waals surface area contributed by atoms with Crippen LogP contribution in [0.4, 0.5) is 0 Å². The third-order valence-electron chi connectivity index (χ3n) is 7.00. The van der Waals surface area contributed by atoms with Crippen LogP contribution in [0, 0.1) is 17.2 Å².